The van der Waals surface area contributed by atoms with Gasteiger partial charge < -0.3 is 5.32 Å². The maximum absolute atomic E-state index is 13.9. The molecule has 0 aromatic heterocycles. The normalized spacial score (nSPS) is 12.4. The van der Waals surface area contributed by atoms with Crippen LogP contribution in [0.25, 0.3) is 0 Å². The molecule has 0 fully saturated rings. The first-order valence-corrected chi connectivity index (χ1v) is 6.36. The molecule has 0 aliphatic carbocycles. The third kappa shape index (κ3) is 3.18. The van der Waals surface area contributed by atoms with Crippen molar-refractivity contribution in [2.45, 2.75) is 19.9 Å². The predicted molar refractivity (Wildman–Crippen MR) is 73.1 cm³/mol. The van der Waals surface area contributed by atoms with Crippen molar-refractivity contribution >= 4 is 0 Å². The quantitative estimate of drug-likeness (QED) is 0.878. The lowest BCUT2D eigenvalue weighted by Gasteiger charge is -2.19. The van der Waals surface area contributed by atoms with E-state index in [-0.39, 0.29) is 6.04 Å². The number of nitrogens with one attached hydrogen (secondary N) is 1. The van der Waals surface area contributed by atoms with Gasteiger partial charge in [-0.1, -0.05) is 42.8 Å². The van der Waals surface area contributed by atoms with E-state index >= 15 is 0 Å². The van der Waals surface area contributed by atoms with Gasteiger partial charge in [-0.25, -0.2) is 8.78 Å². The van der Waals surface area contributed by atoms with Crippen molar-refractivity contribution in [2.75, 3.05) is 6.54 Å². The average Bonchev–Trinajstić information content (AvgIpc) is 2.38. The van der Waals surface area contributed by atoms with Gasteiger partial charge in [0.1, 0.15) is 11.6 Å². The summed E-state index contributed by atoms with van der Waals surface area (Å²) in [7, 11) is 0. The molecular weight excluding hydrogens is 244 g/mol. The van der Waals surface area contributed by atoms with Crippen molar-refractivity contribution in [3.63, 3.8) is 0 Å². The van der Waals surface area contributed by atoms with Gasteiger partial charge in [-0.3, -0.25) is 0 Å². The second-order valence-electron chi connectivity index (χ2n) is 4.57. The molecule has 1 N–H and O–H groups in total. The summed E-state index contributed by atoms with van der Waals surface area (Å²) < 4.78 is 26.9. The Labute approximate surface area is 112 Å². The van der Waals surface area contributed by atoms with E-state index in [1.165, 1.54) is 12.1 Å². The van der Waals surface area contributed by atoms with Crippen molar-refractivity contribution in [1.29, 1.82) is 0 Å². The highest BCUT2D eigenvalue weighted by molar-refractivity contribution is 5.34. The molecule has 19 heavy (non-hydrogen) atoms. The molecule has 1 unspecified atom stereocenters. The Bertz CT molecular complexity index is 549. The molecule has 100 valence electrons. The first-order valence-electron chi connectivity index (χ1n) is 6.36. The van der Waals surface area contributed by atoms with E-state index in [1.807, 2.05) is 38.1 Å². The highest BCUT2D eigenvalue weighted by Gasteiger charge is 2.17. The van der Waals surface area contributed by atoms with Crippen LogP contribution in [-0.4, -0.2) is 6.54 Å². The van der Waals surface area contributed by atoms with Gasteiger partial charge >= 0.3 is 0 Å². The van der Waals surface area contributed by atoms with E-state index in [0.717, 1.165) is 17.2 Å². The fourth-order valence-corrected chi connectivity index (χ4v) is 2.11. The van der Waals surface area contributed by atoms with Gasteiger partial charge in [-0.05, 0) is 25.1 Å². The van der Waals surface area contributed by atoms with Crippen LogP contribution in [-0.2, 0) is 0 Å². The molecule has 3 heteroatoms. The number of halogens is 2. The largest absolute Gasteiger partial charge is 0.306 e. The van der Waals surface area contributed by atoms with E-state index in [4.69, 9.17) is 0 Å². The lowest BCUT2D eigenvalue weighted by molar-refractivity contribution is 0.541. The second-order valence-corrected chi connectivity index (χ2v) is 4.57. The van der Waals surface area contributed by atoms with Gasteiger partial charge in [-0.2, -0.15) is 0 Å². The fraction of sp³-hybridized carbons (Fsp3) is 0.250. The van der Waals surface area contributed by atoms with Crippen LogP contribution in [0.15, 0.2) is 42.5 Å². The Balaban J connectivity index is 2.41. The van der Waals surface area contributed by atoms with Gasteiger partial charge in [-0.15, -0.1) is 0 Å². The molecule has 0 aliphatic heterocycles. The van der Waals surface area contributed by atoms with Crippen molar-refractivity contribution in [3.8, 4) is 0 Å². The van der Waals surface area contributed by atoms with Crippen LogP contribution in [0.1, 0.15) is 29.7 Å². The number of rotatable bonds is 4. The van der Waals surface area contributed by atoms with Gasteiger partial charge in [0.2, 0.25) is 0 Å². The third-order valence-electron chi connectivity index (χ3n) is 3.09. The van der Waals surface area contributed by atoms with Crippen LogP contribution in [0, 0.1) is 18.6 Å². The summed E-state index contributed by atoms with van der Waals surface area (Å²) in [6.45, 7) is 4.67. The number of aryl methyl sites for hydroxylation is 1. The molecule has 0 saturated carbocycles. The molecule has 2 aromatic rings. The molecule has 0 bridgehead atoms. The predicted octanol–water partition coefficient (Wildman–Crippen LogP) is 3.97. The lowest BCUT2D eigenvalue weighted by atomic mass is 9.97. The molecule has 0 radical (unpaired) electrons. The molecular formula is C16H17F2N. The first kappa shape index (κ1) is 13.7. The summed E-state index contributed by atoms with van der Waals surface area (Å²) in [5, 5.41) is 3.23. The number of benzene rings is 2. The summed E-state index contributed by atoms with van der Waals surface area (Å²) in [6.07, 6.45) is 0. The maximum atomic E-state index is 13.9. The summed E-state index contributed by atoms with van der Waals surface area (Å²) in [4.78, 5) is 0. The third-order valence-corrected chi connectivity index (χ3v) is 3.09. The van der Waals surface area contributed by atoms with Crippen LogP contribution in [0.3, 0.4) is 0 Å². The van der Waals surface area contributed by atoms with E-state index in [2.05, 4.69) is 5.32 Å². The van der Waals surface area contributed by atoms with Crippen molar-refractivity contribution in [1.82, 2.24) is 5.32 Å². The molecule has 0 amide bonds. The molecule has 0 aliphatic rings. The van der Waals surface area contributed by atoms with Crippen LogP contribution >= 0.6 is 0 Å². The SMILES string of the molecule is CCNC(c1ccc(C)cc1)c1ccc(F)cc1F. The molecule has 0 spiro atoms. The Morgan fingerprint density at radius 2 is 1.74 bits per heavy atom. The maximum Gasteiger partial charge on any atom is 0.131 e. The zero-order valence-corrected chi connectivity index (χ0v) is 11.1. The van der Waals surface area contributed by atoms with Gasteiger partial charge in [0.15, 0.2) is 0 Å². The average molecular weight is 261 g/mol. The van der Waals surface area contributed by atoms with Gasteiger partial charge in [0, 0.05) is 11.6 Å². The minimum atomic E-state index is -0.555. The highest BCUT2D eigenvalue weighted by atomic mass is 19.1. The van der Waals surface area contributed by atoms with Crippen LogP contribution < -0.4 is 5.32 Å². The molecule has 0 saturated heterocycles. The van der Waals surface area contributed by atoms with Gasteiger partial charge in [0.25, 0.3) is 0 Å². The first-order chi connectivity index (χ1) is 9.11. The van der Waals surface area contributed by atoms with Crippen LogP contribution in [0.2, 0.25) is 0 Å². The van der Waals surface area contributed by atoms with Crippen molar-refractivity contribution in [2.24, 2.45) is 0 Å². The Morgan fingerprint density at radius 1 is 1.05 bits per heavy atom. The standard InChI is InChI=1S/C16H17F2N/c1-3-19-16(12-6-4-11(2)5-7-12)14-9-8-13(17)10-15(14)18/h4-10,16,19H,3H2,1-2H3. The number of hydrogen-bond acceptors (Lipinski definition) is 1. The molecule has 0 heterocycles. The lowest BCUT2D eigenvalue weighted by Crippen LogP contribution is -2.23. The Hall–Kier alpha value is -1.74. The zero-order chi connectivity index (χ0) is 13.8. The summed E-state index contributed by atoms with van der Waals surface area (Å²) in [5.74, 6) is -1.08. The fourth-order valence-electron chi connectivity index (χ4n) is 2.11. The second kappa shape index (κ2) is 5.93. The summed E-state index contributed by atoms with van der Waals surface area (Å²) >= 11 is 0. The monoisotopic (exact) mass is 261 g/mol. The topological polar surface area (TPSA) is 12.0 Å². The minimum Gasteiger partial charge on any atom is -0.306 e. The number of hydrogen-bond donors (Lipinski definition) is 1. The Kier molecular flexibility index (Phi) is 4.27. The zero-order valence-electron chi connectivity index (χ0n) is 11.1. The molecule has 1 nitrogen and oxygen atoms in total. The van der Waals surface area contributed by atoms with E-state index in [1.54, 1.807) is 0 Å². The molecule has 2 aromatic carbocycles. The van der Waals surface area contributed by atoms with E-state index in [9.17, 15) is 8.78 Å². The van der Waals surface area contributed by atoms with Crippen LogP contribution in [0.4, 0.5) is 8.78 Å². The summed E-state index contributed by atoms with van der Waals surface area (Å²) in [5.41, 5.74) is 2.59. The Morgan fingerprint density at radius 3 is 2.32 bits per heavy atom. The van der Waals surface area contributed by atoms with Crippen molar-refractivity contribution in [3.05, 3.63) is 70.8 Å². The smallest absolute Gasteiger partial charge is 0.131 e. The van der Waals surface area contributed by atoms with E-state index < -0.39 is 11.6 Å². The minimum absolute atomic E-state index is 0.258. The molecule has 1 atom stereocenters. The van der Waals surface area contributed by atoms with Crippen LogP contribution in [0.5, 0.6) is 0 Å². The summed E-state index contributed by atoms with van der Waals surface area (Å²) in [6, 6.07) is 11.4. The van der Waals surface area contributed by atoms with Crippen molar-refractivity contribution < 1.29 is 8.78 Å². The molecule has 2 rings (SSSR count). The van der Waals surface area contributed by atoms with E-state index in [0.29, 0.717) is 12.1 Å². The highest BCUT2D eigenvalue weighted by Crippen LogP contribution is 2.25. The van der Waals surface area contributed by atoms with Gasteiger partial charge in [0.05, 0.1) is 6.04 Å².